The molecule has 0 unspecified atom stereocenters. The summed E-state index contributed by atoms with van der Waals surface area (Å²) in [6, 6.07) is 0. The maximum Gasteiger partial charge on any atom is 0.222 e. The lowest BCUT2D eigenvalue weighted by molar-refractivity contribution is 0.505. The molecule has 1 aliphatic heterocycles. The average molecular weight is 287 g/mol. The first-order chi connectivity index (χ1) is 10.3. The van der Waals surface area contributed by atoms with Crippen LogP contribution in [0.5, 0.6) is 0 Å². The van der Waals surface area contributed by atoms with E-state index in [0.717, 1.165) is 68.1 Å². The first kappa shape index (κ1) is 12.9. The molecule has 2 aromatic rings. The number of nitrogens with zero attached hydrogens (tertiary/aromatic N) is 3. The van der Waals surface area contributed by atoms with E-state index in [1.54, 1.807) is 0 Å². The minimum atomic E-state index is 0.351. The number of aryl methyl sites for hydroxylation is 2. The van der Waals surface area contributed by atoms with Gasteiger partial charge in [-0.05, 0) is 32.2 Å². The third-order valence-corrected chi connectivity index (χ3v) is 4.43. The molecular weight excluding hydrogens is 266 g/mol. The largest absolute Gasteiger partial charge is 0.455 e. The molecule has 1 fully saturated rings. The summed E-state index contributed by atoms with van der Waals surface area (Å²) in [5, 5.41) is 3.41. The fraction of sp³-hybridized carbons (Fsp3) is 0.600. The van der Waals surface area contributed by atoms with Crippen LogP contribution >= 0.6 is 0 Å². The van der Waals surface area contributed by atoms with Crippen LogP contribution in [-0.4, -0.2) is 36.1 Å². The molecule has 3 N–H and O–H groups in total. The lowest BCUT2D eigenvalue weighted by Gasteiger charge is -2.21. The highest BCUT2D eigenvalue weighted by Crippen LogP contribution is 2.35. The molecule has 0 radical (unpaired) electrons. The van der Waals surface area contributed by atoms with Gasteiger partial charge in [-0.2, -0.15) is 4.98 Å². The fourth-order valence-corrected chi connectivity index (χ4v) is 3.39. The SMILES string of the molecule is Nc1nc(N2CCCNCC2)c2oc3c(c2n1)CCCC3. The van der Waals surface area contributed by atoms with Crippen LogP contribution in [0.2, 0.25) is 0 Å². The molecule has 0 bridgehead atoms. The Kier molecular flexibility index (Phi) is 3.18. The fourth-order valence-electron chi connectivity index (χ4n) is 3.39. The van der Waals surface area contributed by atoms with E-state index in [4.69, 9.17) is 10.2 Å². The van der Waals surface area contributed by atoms with Crippen molar-refractivity contribution in [3.63, 3.8) is 0 Å². The number of hydrogen-bond acceptors (Lipinski definition) is 6. The number of nitrogens with one attached hydrogen (secondary N) is 1. The number of fused-ring (bicyclic) bond motifs is 3. The third-order valence-electron chi connectivity index (χ3n) is 4.43. The predicted molar refractivity (Wildman–Crippen MR) is 82.6 cm³/mol. The highest BCUT2D eigenvalue weighted by atomic mass is 16.3. The first-order valence-electron chi connectivity index (χ1n) is 7.86. The number of furan rings is 1. The second-order valence-corrected chi connectivity index (χ2v) is 5.88. The van der Waals surface area contributed by atoms with Gasteiger partial charge >= 0.3 is 0 Å². The Morgan fingerprint density at radius 3 is 2.90 bits per heavy atom. The van der Waals surface area contributed by atoms with Crippen molar-refractivity contribution in [1.82, 2.24) is 15.3 Å². The second kappa shape index (κ2) is 5.18. The van der Waals surface area contributed by atoms with Crippen molar-refractivity contribution in [2.45, 2.75) is 32.1 Å². The molecule has 2 aromatic heterocycles. The molecule has 0 spiro atoms. The summed E-state index contributed by atoms with van der Waals surface area (Å²) in [6.45, 7) is 3.92. The van der Waals surface area contributed by atoms with Gasteiger partial charge < -0.3 is 20.4 Å². The summed E-state index contributed by atoms with van der Waals surface area (Å²) in [5.74, 6) is 2.31. The van der Waals surface area contributed by atoms with Crippen LogP contribution in [0, 0.1) is 0 Å². The monoisotopic (exact) mass is 287 g/mol. The minimum absolute atomic E-state index is 0.351. The van der Waals surface area contributed by atoms with Crippen molar-refractivity contribution in [2.75, 3.05) is 36.8 Å². The summed E-state index contributed by atoms with van der Waals surface area (Å²) < 4.78 is 6.13. The lowest BCUT2D eigenvalue weighted by atomic mass is 9.98. The molecule has 2 aliphatic rings. The first-order valence-corrected chi connectivity index (χ1v) is 7.86. The molecule has 0 saturated carbocycles. The van der Waals surface area contributed by atoms with Crippen molar-refractivity contribution < 1.29 is 4.42 Å². The topological polar surface area (TPSA) is 80.2 Å². The number of nitrogen functional groups attached to an aromatic ring is 1. The molecular formula is C15H21N5O. The Balaban J connectivity index is 1.85. The molecule has 1 saturated heterocycles. The summed E-state index contributed by atoms with van der Waals surface area (Å²) in [4.78, 5) is 11.2. The van der Waals surface area contributed by atoms with Crippen LogP contribution in [-0.2, 0) is 12.8 Å². The number of anilines is 2. The van der Waals surface area contributed by atoms with Gasteiger partial charge in [-0.3, -0.25) is 0 Å². The predicted octanol–water partition coefficient (Wildman–Crippen LogP) is 1.48. The molecule has 0 aromatic carbocycles. The van der Waals surface area contributed by atoms with Gasteiger partial charge in [0.2, 0.25) is 5.95 Å². The molecule has 6 nitrogen and oxygen atoms in total. The Labute approximate surface area is 123 Å². The quantitative estimate of drug-likeness (QED) is 0.827. The molecule has 4 rings (SSSR count). The van der Waals surface area contributed by atoms with Crippen LogP contribution in [0.1, 0.15) is 30.6 Å². The van der Waals surface area contributed by atoms with Gasteiger partial charge in [-0.15, -0.1) is 0 Å². The Hall–Kier alpha value is -1.82. The molecule has 0 amide bonds. The summed E-state index contributed by atoms with van der Waals surface area (Å²) in [6.07, 6.45) is 5.55. The van der Waals surface area contributed by atoms with Gasteiger partial charge in [0, 0.05) is 31.6 Å². The lowest BCUT2D eigenvalue weighted by Crippen LogP contribution is -2.29. The van der Waals surface area contributed by atoms with Crippen molar-refractivity contribution in [3.8, 4) is 0 Å². The number of aromatic nitrogens is 2. The minimum Gasteiger partial charge on any atom is -0.455 e. The molecule has 112 valence electrons. The average Bonchev–Trinajstić information content (AvgIpc) is 2.69. The Bertz CT molecular complexity index is 658. The molecule has 1 aliphatic carbocycles. The normalized spacial score (nSPS) is 19.5. The van der Waals surface area contributed by atoms with Gasteiger partial charge in [0.25, 0.3) is 0 Å². The molecule has 6 heteroatoms. The van der Waals surface area contributed by atoms with E-state index >= 15 is 0 Å². The van der Waals surface area contributed by atoms with Crippen LogP contribution in [0.25, 0.3) is 11.1 Å². The van der Waals surface area contributed by atoms with E-state index < -0.39 is 0 Å². The second-order valence-electron chi connectivity index (χ2n) is 5.88. The Morgan fingerprint density at radius 1 is 1.05 bits per heavy atom. The summed E-state index contributed by atoms with van der Waals surface area (Å²) in [5.41, 5.74) is 8.97. The zero-order chi connectivity index (χ0) is 14.2. The molecule has 0 atom stereocenters. The van der Waals surface area contributed by atoms with Gasteiger partial charge in [-0.1, -0.05) is 0 Å². The van der Waals surface area contributed by atoms with Crippen LogP contribution < -0.4 is 16.0 Å². The van der Waals surface area contributed by atoms with E-state index in [1.807, 2.05) is 0 Å². The van der Waals surface area contributed by atoms with Crippen molar-refractivity contribution >= 4 is 22.9 Å². The van der Waals surface area contributed by atoms with Crippen molar-refractivity contribution in [3.05, 3.63) is 11.3 Å². The van der Waals surface area contributed by atoms with Crippen LogP contribution in [0.3, 0.4) is 0 Å². The number of rotatable bonds is 1. The number of hydrogen-bond donors (Lipinski definition) is 2. The van der Waals surface area contributed by atoms with Gasteiger partial charge in [0.1, 0.15) is 11.3 Å². The van der Waals surface area contributed by atoms with Crippen molar-refractivity contribution in [1.29, 1.82) is 0 Å². The van der Waals surface area contributed by atoms with E-state index in [0.29, 0.717) is 5.95 Å². The molecule has 3 heterocycles. The van der Waals surface area contributed by atoms with E-state index in [2.05, 4.69) is 20.2 Å². The zero-order valence-electron chi connectivity index (χ0n) is 12.2. The summed E-state index contributed by atoms with van der Waals surface area (Å²) in [7, 11) is 0. The highest BCUT2D eigenvalue weighted by Gasteiger charge is 2.24. The van der Waals surface area contributed by atoms with Gasteiger partial charge in [0.05, 0.1) is 0 Å². The van der Waals surface area contributed by atoms with Gasteiger partial charge in [-0.25, -0.2) is 4.98 Å². The molecule has 21 heavy (non-hydrogen) atoms. The maximum atomic E-state index is 6.13. The summed E-state index contributed by atoms with van der Waals surface area (Å²) >= 11 is 0. The Morgan fingerprint density at radius 2 is 1.95 bits per heavy atom. The van der Waals surface area contributed by atoms with Crippen LogP contribution in [0.4, 0.5) is 11.8 Å². The van der Waals surface area contributed by atoms with E-state index in [-0.39, 0.29) is 0 Å². The van der Waals surface area contributed by atoms with Gasteiger partial charge in [0.15, 0.2) is 11.4 Å². The third kappa shape index (κ3) is 2.23. The highest BCUT2D eigenvalue weighted by molar-refractivity contribution is 5.88. The zero-order valence-corrected chi connectivity index (χ0v) is 12.2. The standard InChI is InChI=1S/C15H21N5O/c16-15-18-12-10-4-1-2-5-11(10)21-13(12)14(19-15)20-8-3-6-17-7-9-20/h17H,1-9H2,(H2,16,18,19). The van der Waals surface area contributed by atoms with Crippen LogP contribution in [0.15, 0.2) is 4.42 Å². The maximum absolute atomic E-state index is 6.13. The van der Waals surface area contributed by atoms with E-state index in [1.165, 1.54) is 18.4 Å². The smallest absolute Gasteiger partial charge is 0.222 e. The van der Waals surface area contributed by atoms with E-state index in [9.17, 15) is 0 Å². The number of nitrogens with two attached hydrogens (primary N) is 1. The van der Waals surface area contributed by atoms with Crippen molar-refractivity contribution in [2.24, 2.45) is 0 Å².